The van der Waals surface area contributed by atoms with Crippen LogP contribution < -0.4 is 14.8 Å². The number of aromatic nitrogens is 2. The second kappa shape index (κ2) is 10.4. The predicted molar refractivity (Wildman–Crippen MR) is 119 cm³/mol. The monoisotopic (exact) mass is 447 g/mol. The third-order valence-corrected chi connectivity index (χ3v) is 4.73. The van der Waals surface area contributed by atoms with E-state index in [4.69, 9.17) is 32.7 Å². The maximum Gasteiger partial charge on any atom is 0.230 e. The topological polar surface area (TPSA) is 65.4 Å². The largest absolute Gasteiger partial charge is 0.490 e. The van der Waals surface area contributed by atoms with Crippen molar-refractivity contribution in [1.82, 2.24) is 9.78 Å². The average molecular weight is 448 g/mol. The number of rotatable bonds is 9. The normalized spacial score (nSPS) is 10.7. The van der Waals surface area contributed by atoms with Crippen LogP contribution in [-0.4, -0.2) is 28.9 Å². The highest BCUT2D eigenvalue weighted by Crippen LogP contribution is 2.29. The van der Waals surface area contributed by atoms with E-state index in [1.807, 2.05) is 56.3 Å². The summed E-state index contributed by atoms with van der Waals surface area (Å²) in [5, 5.41) is 8.19. The minimum Gasteiger partial charge on any atom is -0.490 e. The van der Waals surface area contributed by atoms with Crippen LogP contribution in [0.25, 0.3) is 0 Å². The summed E-state index contributed by atoms with van der Waals surface area (Å²) in [7, 11) is 0. The molecule has 0 unspecified atom stereocenters. The number of halogens is 2. The Hall–Kier alpha value is -2.70. The van der Waals surface area contributed by atoms with Gasteiger partial charge in [0.1, 0.15) is 5.02 Å². The van der Waals surface area contributed by atoms with Crippen molar-refractivity contribution >= 4 is 34.9 Å². The first-order valence-electron chi connectivity index (χ1n) is 9.64. The number of amides is 1. The Labute approximate surface area is 185 Å². The minimum absolute atomic E-state index is 0.160. The molecule has 0 aliphatic rings. The molecule has 30 heavy (non-hydrogen) atoms. The lowest BCUT2D eigenvalue weighted by atomic mass is 10.1. The number of ether oxygens (including phenoxy) is 2. The zero-order valence-corrected chi connectivity index (χ0v) is 18.3. The van der Waals surface area contributed by atoms with Crippen LogP contribution in [0.3, 0.4) is 0 Å². The predicted octanol–water partition coefficient (Wildman–Crippen LogP) is 5.22. The van der Waals surface area contributed by atoms with Gasteiger partial charge in [0.2, 0.25) is 5.91 Å². The van der Waals surface area contributed by atoms with Crippen molar-refractivity contribution in [2.24, 2.45) is 0 Å². The van der Waals surface area contributed by atoms with Crippen LogP contribution in [0.5, 0.6) is 11.5 Å². The van der Waals surface area contributed by atoms with Crippen molar-refractivity contribution < 1.29 is 14.3 Å². The number of hydrogen-bond acceptors (Lipinski definition) is 4. The molecule has 0 saturated heterocycles. The molecule has 1 heterocycles. The number of benzene rings is 2. The van der Waals surface area contributed by atoms with Gasteiger partial charge in [-0.2, -0.15) is 5.10 Å². The summed E-state index contributed by atoms with van der Waals surface area (Å²) >= 11 is 12.2. The van der Waals surface area contributed by atoms with Gasteiger partial charge in [0.15, 0.2) is 17.3 Å². The van der Waals surface area contributed by atoms with Crippen LogP contribution in [0.15, 0.2) is 48.7 Å². The molecule has 0 aliphatic heterocycles. The Bertz CT molecular complexity index is 1000. The Morgan fingerprint density at radius 3 is 2.37 bits per heavy atom. The van der Waals surface area contributed by atoms with Crippen LogP contribution in [0.2, 0.25) is 10.0 Å². The van der Waals surface area contributed by atoms with Gasteiger partial charge in [0.25, 0.3) is 0 Å². The summed E-state index contributed by atoms with van der Waals surface area (Å²) in [6.07, 6.45) is 1.84. The Balaban J connectivity index is 1.65. The maximum absolute atomic E-state index is 12.5. The lowest BCUT2D eigenvalue weighted by Crippen LogP contribution is -2.15. The number of nitrogens with zero attached hydrogens (tertiary/aromatic N) is 2. The Morgan fingerprint density at radius 2 is 1.67 bits per heavy atom. The molecule has 0 fully saturated rings. The van der Waals surface area contributed by atoms with Gasteiger partial charge in [-0.3, -0.25) is 9.48 Å². The van der Waals surface area contributed by atoms with E-state index in [0.717, 1.165) is 11.1 Å². The van der Waals surface area contributed by atoms with E-state index in [2.05, 4.69) is 10.4 Å². The van der Waals surface area contributed by atoms with E-state index in [1.54, 1.807) is 10.9 Å². The molecule has 0 spiro atoms. The third-order valence-electron chi connectivity index (χ3n) is 4.21. The van der Waals surface area contributed by atoms with Crippen LogP contribution in [0.4, 0.5) is 5.82 Å². The highest BCUT2D eigenvalue weighted by molar-refractivity contribution is 6.33. The molecular formula is C22H23Cl2N3O3. The molecule has 0 aliphatic carbocycles. The number of carbonyl (C=O) groups is 1. The number of carbonyl (C=O) groups excluding carboxylic acids is 1. The Morgan fingerprint density at radius 1 is 1.00 bits per heavy atom. The summed E-state index contributed by atoms with van der Waals surface area (Å²) < 4.78 is 12.8. The number of anilines is 1. The zero-order chi connectivity index (χ0) is 21.5. The molecular weight excluding hydrogens is 425 g/mol. The molecule has 1 N–H and O–H groups in total. The Kier molecular flexibility index (Phi) is 7.60. The standard InChI is InChI=1S/C22H23Cl2N3O3/c1-3-29-19-10-7-16(11-20(19)30-4-2)12-21(28)25-22-18(24)14-27(26-22)13-15-5-8-17(23)9-6-15/h5-11,14H,3-4,12-13H2,1-2H3,(H,25,26,28). The molecule has 2 aromatic carbocycles. The summed E-state index contributed by atoms with van der Waals surface area (Å²) in [6, 6.07) is 12.9. The third kappa shape index (κ3) is 5.90. The quantitative estimate of drug-likeness (QED) is 0.488. The smallest absolute Gasteiger partial charge is 0.230 e. The fourth-order valence-corrected chi connectivity index (χ4v) is 3.23. The lowest BCUT2D eigenvalue weighted by Gasteiger charge is -2.12. The van der Waals surface area contributed by atoms with E-state index in [1.165, 1.54) is 0 Å². The maximum atomic E-state index is 12.5. The van der Waals surface area contributed by atoms with Crippen LogP contribution in [0, 0.1) is 0 Å². The number of hydrogen-bond donors (Lipinski definition) is 1. The van der Waals surface area contributed by atoms with E-state index in [0.29, 0.717) is 47.1 Å². The fraction of sp³-hybridized carbons (Fsp3) is 0.273. The molecule has 0 radical (unpaired) electrons. The molecule has 0 bridgehead atoms. The van der Waals surface area contributed by atoms with Crippen molar-refractivity contribution in [3.63, 3.8) is 0 Å². The van der Waals surface area contributed by atoms with Gasteiger partial charge in [-0.15, -0.1) is 0 Å². The summed E-state index contributed by atoms with van der Waals surface area (Å²) in [4.78, 5) is 12.5. The van der Waals surface area contributed by atoms with Gasteiger partial charge in [-0.05, 0) is 49.2 Å². The second-order valence-electron chi connectivity index (χ2n) is 6.52. The van der Waals surface area contributed by atoms with Crippen LogP contribution in [0.1, 0.15) is 25.0 Å². The molecule has 1 aromatic heterocycles. The van der Waals surface area contributed by atoms with Gasteiger partial charge in [0, 0.05) is 11.2 Å². The SMILES string of the molecule is CCOc1ccc(CC(=O)Nc2nn(Cc3ccc(Cl)cc3)cc2Cl)cc1OCC. The van der Waals surface area contributed by atoms with Crippen molar-refractivity contribution in [3.05, 3.63) is 69.8 Å². The molecule has 3 aromatic rings. The second-order valence-corrected chi connectivity index (χ2v) is 7.37. The average Bonchev–Trinajstić information content (AvgIpc) is 3.04. The van der Waals surface area contributed by atoms with E-state index >= 15 is 0 Å². The zero-order valence-electron chi connectivity index (χ0n) is 16.8. The van der Waals surface area contributed by atoms with Gasteiger partial charge in [0.05, 0.1) is 26.2 Å². The summed E-state index contributed by atoms with van der Waals surface area (Å²) in [5.74, 6) is 1.38. The molecule has 1 amide bonds. The fourth-order valence-electron chi connectivity index (χ4n) is 2.91. The molecule has 6 nitrogen and oxygen atoms in total. The lowest BCUT2D eigenvalue weighted by molar-refractivity contribution is -0.115. The molecule has 0 atom stereocenters. The van der Waals surface area contributed by atoms with Crippen molar-refractivity contribution in [2.75, 3.05) is 18.5 Å². The molecule has 158 valence electrons. The van der Waals surface area contributed by atoms with Crippen molar-refractivity contribution in [3.8, 4) is 11.5 Å². The number of nitrogens with one attached hydrogen (secondary N) is 1. The molecule has 3 rings (SSSR count). The minimum atomic E-state index is -0.222. The van der Waals surface area contributed by atoms with Crippen LogP contribution in [-0.2, 0) is 17.8 Å². The first-order valence-corrected chi connectivity index (χ1v) is 10.4. The van der Waals surface area contributed by atoms with Crippen molar-refractivity contribution in [2.45, 2.75) is 26.8 Å². The molecule has 0 saturated carbocycles. The highest BCUT2D eigenvalue weighted by atomic mass is 35.5. The van der Waals surface area contributed by atoms with E-state index in [-0.39, 0.29) is 12.3 Å². The van der Waals surface area contributed by atoms with Gasteiger partial charge >= 0.3 is 0 Å². The van der Waals surface area contributed by atoms with Gasteiger partial charge < -0.3 is 14.8 Å². The first kappa shape index (κ1) is 22.0. The highest BCUT2D eigenvalue weighted by Gasteiger charge is 2.13. The van der Waals surface area contributed by atoms with Gasteiger partial charge in [-0.25, -0.2) is 0 Å². The van der Waals surface area contributed by atoms with Crippen molar-refractivity contribution in [1.29, 1.82) is 0 Å². The van der Waals surface area contributed by atoms with Gasteiger partial charge in [-0.1, -0.05) is 41.4 Å². The molecule has 8 heteroatoms. The van der Waals surface area contributed by atoms with E-state index < -0.39 is 0 Å². The summed E-state index contributed by atoms with van der Waals surface area (Å²) in [6.45, 7) is 5.38. The van der Waals surface area contributed by atoms with E-state index in [9.17, 15) is 4.79 Å². The first-order chi connectivity index (χ1) is 14.5. The van der Waals surface area contributed by atoms with Crippen LogP contribution >= 0.6 is 23.2 Å². The summed E-state index contributed by atoms with van der Waals surface area (Å²) in [5.41, 5.74) is 1.82.